The average Bonchev–Trinajstić information content (AvgIpc) is 3.11. The van der Waals surface area contributed by atoms with Gasteiger partial charge in [0.2, 0.25) is 11.7 Å². The number of nitrogens with zero attached hydrogens (tertiary/aromatic N) is 2. The van der Waals surface area contributed by atoms with E-state index in [1.807, 2.05) is 6.92 Å². The Kier molecular flexibility index (Phi) is 4.28. The number of aliphatic hydroxyl groups is 1. The Hall–Kier alpha value is -0.980. The van der Waals surface area contributed by atoms with Crippen LogP contribution in [-0.2, 0) is 10.3 Å². The van der Waals surface area contributed by atoms with E-state index in [1.165, 1.54) is 0 Å². The molecule has 2 heterocycles. The van der Waals surface area contributed by atoms with Crippen LogP contribution >= 0.6 is 0 Å². The average molecular weight is 295 g/mol. The number of hydrogen-bond donors (Lipinski definition) is 2. The molecular formula is C15H25N3O3. The molecule has 1 aliphatic carbocycles. The van der Waals surface area contributed by atoms with Crippen molar-refractivity contribution in [1.82, 2.24) is 15.5 Å². The van der Waals surface area contributed by atoms with Gasteiger partial charge >= 0.3 is 0 Å². The molecule has 0 amide bonds. The highest BCUT2D eigenvalue weighted by Crippen LogP contribution is 2.41. The van der Waals surface area contributed by atoms with Gasteiger partial charge in [-0.15, -0.1) is 0 Å². The molecule has 1 saturated heterocycles. The number of aromatic nitrogens is 2. The summed E-state index contributed by atoms with van der Waals surface area (Å²) in [5.41, 5.74) is -0.389. The molecule has 1 aromatic heterocycles. The van der Waals surface area contributed by atoms with Crippen molar-refractivity contribution in [2.24, 2.45) is 5.92 Å². The minimum atomic E-state index is -0.389. The van der Waals surface area contributed by atoms with Crippen molar-refractivity contribution < 1.29 is 14.4 Å². The molecular weight excluding hydrogens is 270 g/mol. The number of β-amino-alcohol motifs (C(OH)–C–C–N with tert-alkyl or cyclic N) is 1. The molecule has 0 spiro atoms. The zero-order chi connectivity index (χ0) is 14.9. The summed E-state index contributed by atoms with van der Waals surface area (Å²) in [6.45, 7) is 5.52. The van der Waals surface area contributed by atoms with Gasteiger partial charge in [0.15, 0.2) is 0 Å². The normalized spacial score (nSPS) is 37.0. The Morgan fingerprint density at radius 2 is 2.19 bits per heavy atom. The molecule has 6 heteroatoms. The van der Waals surface area contributed by atoms with Crippen LogP contribution in [0.1, 0.15) is 63.7 Å². The van der Waals surface area contributed by atoms with Crippen LogP contribution in [0.25, 0.3) is 0 Å². The third kappa shape index (κ3) is 2.98. The van der Waals surface area contributed by atoms with Gasteiger partial charge in [0.1, 0.15) is 5.60 Å². The molecule has 118 valence electrons. The van der Waals surface area contributed by atoms with Crippen molar-refractivity contribution in [3.63, 3.8) is 0 Å². The van der Waals surface area contributed by atoms with E-state index in [9.17, 15) is 5.11 Å². The van der Waals surface area contributed by atoms with Crippen LogP contribution in [0.3, 0.4) is 0 Å². The van der Waals surface area contributed by atoms with Crippen molar-refractivity contribution in [1.29, 1.82) is 0 Å². The molecule has 2 fully saturated rings. The van der Waals surface area contributed by atoms with Gasteiger partial charge in [-0.2, -0.15) is 4.98 Å². The van der Waals surface area contributed by atoms with Gasteiger partial charge in [0, 0.05) is 13.2 Å². The summed E-state index contributed by atoms with van der Waals surface area (Å²) in [5.74, 6) is 1.98. The van der Waals surface area contributed by atoms with Crippen LogP contribution in [0.5, 0.6) is 0 Å². The van der Waals surface area contributed by atoms with E-state index in [-0.39, 0.29) is 17.7 Å². The SMILES string of the molecule is CCOC1(c2noc([C@H]3C[C@H](O)CN3)n2)CCC(C)CC1. The number of hydrogen-bond acceptors (Lipinski definition) is 6. The third-order valence-corrected chi connectivity index (χ3v) is 4.76. The molecule has 21 heavy (non-hydrogen) atoms. The topological polar surface area (TPSA) is 80.4 Å². The van der Waals surface area contributed by atoms with Crippen molar-refractivity contribution in [2.75, 3.05) is 13.2 Å². The van der Waals surface area contributed by atoms with Crippen molar-refractivity contribution in [3.8, 4) is 0 Å². The van der Waals surface area contributed by atoms with Gasteiger partial charge in [0.25, 0.3) is 0 Å². The highest BCUT2D eigenvalue weighted by molar-refractivity contribution is 5.06. The molecule has 0 radical (unpaired) electrons. The first-order valence-corrected chi connectivity index (χ1v) is 8.02. The second-order valence-corrected chi connectivity index (χ2v) is 6.42. The Morgan fingerprint density at radius 1 is 1.43 bits per heavy atom. The lowest BCUT2D eigenvalue weighted by Crippen LogP contribution is -2.35. The molecule has 2 atom stereocenters. The largest absolute Gasteiger partial charge is 0.392 e. The van der Waals surface area contributed by atoms with E-state index in [0.29, 0.717) is 31.3 Å². The lowest BCUT2D eigenvalue weighted by Gasteiger charge is -2.36. The lowest BCUT2D eigenvalue weighted by molar-refractivity contribution is -0.0847. The fourth-order valence-electron chi connectivity index (χ4n) is 3.40. The zero-order valence-corrected chi connectivity index (χ0v) is 12.8. The Labute approximate surface area is 125 Å². The smallest absolute Gasteiger partial charge is 0.243 e. The van der Waals surface area contributed by atoms with Gasteiger partial charge in [-0.05, 0) is 44.9 Å². The van der Waals surface area contributed by atoms with Gasteiger partial charge < -0.3 is 19.7 Å². The quantitative estimate of drug-likeness (QED) is 0.883. The van der Waals surface area contributed by atoms with Crippen molar-refractivity contribution >= 4 is 0 Å². The van der Waals surface area contributed by atoms with E-state index < -0.39 is 0 Å². The Bertz CT molecular complexity index is 468. The Morgan fingerprint density at radius 3 is 2.81 bits per heavy atom. The van der Waals surface area contributed by atoms with Crippen LogP contribution < -0.4 is 5.32 Å². The van der Waals surface area contributed by atoms with Gasteiger partial charge in [-0.3, -0.25) is 0 Å². The molecule has 1 aliphatic heterocycles. The molecule has 6 nitrogen and oxygen atoms in total. The number of ether oxygens (including phenoxy) is 1. The summed E-state index contributed by atoms with van der Waals surface area (Å²) in [7, 11) is 0. The standard InChI is InChI=1S/C15H25N3O3/c1-3-20-15(6-4-10(2)5-7-15)14-17-13(21-18-14)12-8-11(19)9-16-12/h10-12,16,19H,3-9H2,1-2H3/t10?,11-,12+,15?/m0/s1. The fourth-order valence-corrected chi connectivity index (χ4v) is 3.40. The molecule has 1 aromatic rings. The summed E-state index contributed by atoms with van der Waals surface area (Å²) in [5, 5.41) is 17.0. The number of rotatable bonds is 4. The second-order valence-electron chi connectivity index (χ2n) is 6.42. The summed E-state index contributed by atoms with van der Waals surface area (Å²) in [6, 6.07) is -0.0394. The minimum absolute atomic E-state index is 0.0394. The second kappa shape index (κ2) is 6.02. The lowest BCUT2D eigenvalue weighted by atomic mass is 9.79. The van der Waals surface area contributed by atoms with E-state index in [1.54, 1.807) is 0 Å². The van der Waals surface area contributed by atoms with E-state index in [2.05, 4.69) is 22.4 Å². The molecule has 0 bridgehead atoms. The minimum Gasteiger partial charge on any atom is -0.392 e. The maximum absolute atomic E-state index is 9.60. The fraction of sp³-hybridized carbons (Fsp3) is 0.867. The van der Waals surface area contributed by atoms with Crippen LogP contribution in [-0.4, -0.2) is 34.5 Å². The van der Waals surface area contributed by atoms with Gasteiger partial charge in [-0.1, -0.05) is 12.1 Å². The van der Waals surface area contributed by atoms with Crippen LogP contribution in [0.2, 0.25) is 0 Å². The molecule has 0 unspecified atom stereocenters. The number of nitrogens with one attached hydrogen (secondary N) is 1. The zero-order valence-electron chi connectivity index (χ0n) is 12.8. The first-order chi connectivity index (χ1) is 10.1. The molecule has 2 N–H and O–H groups in total. The third-order valence-electron chi connectivity index (χ3n) is 4.76. The first-order valence-electron chi connectivity index (χ1n) is 8.02. The summed E-state index contributed by atoms with van der Waals surface area (Å²) < 4.78 is 11.5. The Balaban J connectivity index is 1.79. The monoisotopic (exact) mass is 295 g/mol. The summed E-state index contributed by atoms with van der Waals surface area (Å²) >= 11 is 0. The van der Waals surface area contributed by atoms with Gasteiger partial charge in [0.05, 0.1) is 12.1 Å². The summed E-state index contributed by atoms with van der Waals surface area (Å²) in [6.07, 6.45) is 4.44. The molecule has 0 aromatic carbocycles. The van der Waals surface area contributed by atoms with Gasteiger partial charge in [-0.25, -0.2) is 0 Å². The predicted octanol–water partition coefficient (Wildman–Crippen LogP) is 1.91. The maximum Gasteiger partial charge on any atom is 0.243 e. The van der Waals surface area contributed by atoms with Crippen LogP contribution in [0.4, 0.5) is 0 Å². The number of aliphatic hydroxyl groups excluding tert-OH is 1. The van der Waals surface area contributed by atoms with Crippen molar-refractivity contribution in [3.05, 3.63) is 11.7 Å². The summed E-state index contributed by atoms with van der Waals surface area (Å²) in [4.78, 5) is 4.59. The first kappa shape index (κ1) is 14.9. The predicted molar refractivity (Wildman–Crippen MR) is 76.6 cm³/mol. The van der Waals surface area contributed by atoms with Crippen LogP contribution in [0.15, 0.2) is 4.52 Å². The van der Waals surface area contributed by atoms with Crippen molar-refractivity contribution in [2.45, 2.75) is 63.7 Å². The molecule has 3 rings (SSSR count). The maximum atomic E-state index is 9.60. The van der Waals surface area contributed by atoms with Crippen LogP contribution in [0, 0.1) is 5.92 Å². The highest BCUT2D eigenvalue weighted by atomic mass is 16.5. The molecule has 1 saturated carbocycles. The van der Waals surface area contributed by atoms with E-state index in [0.717, 1.165) is 31.6 Å². The van der Waals surface area contributed by atoms with E-state index >= 15 is 0 Å². The van der Waals surface area contributed by atoms with E-state index in [4.69, 9.17) is 9.26 Å². The highest BCUT2D eigenvalue weighted by Gasteiger charge is 2.41. The molecule has 2 aliphatic rings.